The second-order valence-corrected chi connectivity index (χ2v) is 4.06. The fraction of sp³-hybridized carbons (Fsp3) is 0. The van der Waals surface area contributed by atoms with Crippen molar-refractivity contribution in [1.82, 2.24) is 9.97 Å². The lowest BCUT2D eigenvalue weighted by molar-refractivity contribution is 0.0692. The Morgan fingerprint density at radius 1 is 1.40 bits per heavy atom. The molecular weight excluding hydrogens is 283 g/mol. The molecule has 0 atom stereocenters. The van der Waals surface area contributed by atoms with Crippen LogP contribution < -0.4 is 0 Å². The van der Waals surface area contributed by atoms with Gasteiger partial charge in [0.2, 0.25) is 5.28 Å². The number of rotatable bonds is 1. The molecule has 0 aliphatic carbocycles. The molecule has 1 aromatic heterocycles. The van der Waals surface area contributed by atoms with E-state index in [1.54, 1.807) is 18.2 Å². The third-order valence-electron chi connectivity index (χ3n) is 1.83. The minimum atomic E-state index is -1.12. The summed E-state index contributed by atoms with van der Waals surface area (Å²) < 4.78 is 0.767. The molecule has 0 amide bonds. The maximum Gasteiger partial charge on any atom is 0.355 e. The summed E-state index contributed by atoms with van der Waals surface area (Å²) in [6.45, 7) is 0. The van der Waals surface area contributed by atoms with E-state index in [1.165, 1.54) is 0 Å². The molecule has 0 aliphatic rings. The Labute approximate surface area is 98.0 Å². The first-order valence-corrected chi connectivity index (χ1v) is 5.11. The zero-order chi connectivity index (χ0) is 11.0. The van der Waals surface area contributed by atoms with E-state index in [0.29, 0.717) is 10.9 Å². The van der Waals surface area contributed by atoms with Gasteiger partial charge in [0.25, 0.3) is 0 Å². The van der Waals surface area contributed by atoms with Crippen LogP contribution in [0.1, 0.15) is 10.5 Å². The highest BCUT2D eigenvalue weighted by Crippen LogP contribution is 2.22. The van der Waals surface area contributed by atoms with Crippen molar-refractivity contribution >= 4 is 44.4 Å². The standard InChI is InChI=1S/C9H4BrClN2O2/c10-4-1-2-6-5(3-4)7(8(14)15)13-9(11)12-6/h1-3H,(H,14,15). The van der Waals surface area contributed by atoms with E-state index >= 15 is 0 Å². The van der Waals surface area contributed by atoms with Crippen LogP contribution in [0.4, 0.5) is 0 Å². The van der Waals surface area contributed by atoms with E-state index in [1.807, 2.05) is 0 Å². The summed E-state index contributed by atoms with van der Waals surface area (Å²) in [6.07, 6.45) is 0. The molecule has 2 rings (SSSR count). The molecule has 0 bridgehead atoms. The van der Waals surface area contributed by atoms with Gasteiger partial charge in [-0.05, 0) is 29.8 Å². The fourth-order valence-electron chi connectivity index (χ4n) is 1.24. The number of halogens is 2. The van der Waals surface area contributed by atoms with Gasteiger partial charge in [0.1, 0.15) is 0 Å². The van der Waals surface area contributed by atoms with Crippen LogP contribution in [0.5, 0.6) is 0 Å². The molecule has 1 heterocycles. The Bertz CT molecular complexity index is 559. The van der Waals surface area contributed by atoms with E-state index in [-0.39, 0.29) is 11.0 Å². The van der Waals surface area contributed by atoms with Crippen molar-refractivity contribution in [3.05, 3.63) is 33.6 Å². The summed E-state index contributed by atoms with van der Waals surface area (Å²) in [5.41, 5.74) is 0.418. The van der Waals surface area contributed by atoms with Crippen molar-refractivity contribution in [3.8, 4) is 0 Å². The molecular formula is C9H4BrClN2O2. The van der Waals surface area contributed by atoms with Crippen molar-refractivity contribution in [2.24, 2.45) is 0 Å². The molecule has 0 unspecified atom stereocenters. The van der Waals surface area contributed by atoms with E-state index in [2.05, 4.69) is 25.9 Å². The molecule has 0 saturated carbocycles. The lowest BCUT2D eigenvalue weighted by Gasteiger charge is -2.02. The fourth-order valence-corrected chi connectivity index (χ4v) is 1.77. The summed E-state index contributed by atoms with van der Waals surface area (Å²) in [7, 11) is 0. The third kappa shape index (κ3) is 1.93. The Morgan fingerprint density at radius 3 is 2.80 bits per heavy atom. The second kappa shape index (κ2) is 3.75. The average molecular weight is 288 g/mol. The lowest BCUT2D eigenvalue weighted by atomic mass is 10.2. The summed E-state index contributed by atoms with van der Waals surface area (Å²) >= 11 is 8.86. The predicted octanol–water partition coefficient (Wildman–Crippen LogP) is 2.74. The number of benzene rings is 1. The molecule has 76 valence electrons. The van der Waals surface area contributed by atoms with Gasteiger partial charge in [-0.2, -0.15) is 0 Å². The van der Waals surface area contributed by atoms with Gasteiger partial charge in [-0.3, -0.25) is 0 Å². The van der Waals surface area contributed by atoms with E-state index in [0.717, 1.165) is 4.47 Å². The smallest absolute Gasteiger partial charge is 0.355 e. The minimum absolute atomic E-state index is 0.0674. The zero-order valence-corrected chi connectivity index (χ0v) is 9.58. The lowest BCUT2D eigenvalue weighted by Crippen LogP contribution is -2.03. The molecule has 2 aromatic rings. The second-order valence-electron chi connectivity index (χ2n) is 2.81. The van der Waals surface area contributed by atoms with Gasteiger partial charge >= 0.3 is 5.97 Å². The van der Waals surface area contributed by atoms with E-state index in [9.17, 15) is 4.79 Å². The average Bonchev–Trinajstić information content (AvgIpc) is 2.17. The number of aromatic nitrogens is 2. The number of carbonyl (C=O) groups is 1. The van der Waals surface area contributed by atoms with Crippen LogP contribution in [0.25, 0.3) is 10.9 Å². The van der Waals surface area contributed by atoms with Gasteiger partial charge in [-0.15, -0.1) is 0 Å². The first kappa shape index (κ1) is 10.3. The van der Waals surface area contributed by atoms with E-state index in [4.69, 9.17) is 16.7 Å². The van der Waals surface area contributed by atoms with Crippen LogP contribution in [0.3, 0.4) is 0 Å². The minimum Gasteiger partial charge on any atom is -0.476 e. The number of carboxylic acids is 1. The summed E-state index contributed by atoms with van der Waals surface area (Å²) in [4.78, 5) is 18.5. The van der Waals surface area contributed by atoms with Gasteiger partial charge in [0, 0.05) is 9.86 Å². The topological polar surface area (TPSA) is 63.1 Å². The Balaban J connectivity index is 2.87. The van der Waals surface area contributed by atoms with Gasteiger partial charge in [-0.25, -0.2) is 14.8 Å². The maximum absolute atomic E-state index is 10.9. The van der Waals surface area contributed by atoms with Crippen LogP contribution in [0.15, 0.2) is 22.7 Å². The van der Waals surface area contributed by atoms with Crippen LogP contribution in [-0.4, -0.2) is 21.0 Å². The molecule has 0 aliphatic heterocycles. The van der Waals surface area contributed by atoms with Gasteiger partial charge in [0.05, 0.1) is 5.52 Å². The Morgan fingerprint density at radius 2 is 2.13 bits per heavy atom. The van der Waals surface area contributed by atoms with Crippen molar-refractivity contribution in [2.45, 2.75) is 0 Å². The number of fused-ring (bicyclic) bond motifs is 1. The normalized spacial score (nSPS) is 10.5. The molecule has 1 aromatic carbocycles. The van der Waals surface area contributed by atoms with Crippen molar-refractivity contribution in [1.29, 1.82) is 0 Å². The first-order valence-electron chi connectivity index (χ1n) is 3.94. The molecule has 0 saturated heterocycles. The molecule has 1 N–H and O–H groups in total. The van der Waals surface area contributed by atoms with Crippen molar-refractivity contribution in [2.75, 3.05) is 0 Å². The van der Waals surface area contributed by atoms with Gasteiger partial charge in [-0.1, -0.05) is 15.9 Å². The molecule has 15 heavy (non-hydrogen) atoms. The maximum atomic E-state index is 10.9. The summed E-state index contributed by atoms with van der Waals surface area (Å²) in [5.74, 6) is -1.12. The first-order chi connectivity index (χ1) is 7.08. The van der Waals surface area contributed by atoms with Gasteiger partial charge in [0.15, 0.2) is 5.69 Å². The molecule has 0 radical (unpaired) electrons. The van der Waals surface area contributed by atoms with Crippen molar-refractivity contribution in [3.63, 3.8) is 0 Å². The number of aromatic carboxylic acids is 1. The molecule has 4 nitrogen and oxygen atoms in total. The highest BCUT2D eigenvalue weighted by molar-refractivity contribution is 9.10. The SMILES string of the molecule is O=C(O)c1nc(Cl)nc2ccc(Br)cc12. The summed E-state index contributed by atoms with van der Waals surface area (Å²) in [5, 5.41) is 9.33. The number of hydrogen-bond acceptors (Lipinski definition) is 3. The predicted molar refractivity (Wildman–Crippen MR) is 59.2 cm³/mol. The highest BCUT2D eigenvalue weighted by Gasteiger charge is 2.13. The quantitative estimate of drug-likeness (QED) is 0.819. The van der Waals surface area contributed by atoms with Crippen LogP contribution in [0.2, 0.25) is 5.28 Å². The number of hydrogen-bond donors (Lipinski definition) is 1. The molecule has 0 spiro atoms. The molecule has 6 heteroatoms. The third-order valence-corrected chi connectivity index (χ3v) is 2.50. The number of carboxylic acid groups (broad SMARTS) is 1. The highest BCUT2D eigenvalue weighted by atomic mass is 79.9. The zero-order valence-electron chi connectivity index (χ0n) is 7.24. The summed E-state index contributed by atoms with van der Waals surface area (Å²) in [6, 6.07) is 5.09. The van der Waals surface area contributed by atoms with Crippen molar-refractivity contribution < 1.29 is 9.90 Å². The monoisotopic (exact) mass is 286 g/mol. The molecule has 0 fully saturated rings. The number of nitrogens with zero attached hydrogens (tertiary/aromatic N) is 2. The Hall–Kier alpha value is -1.20. The van der Waals surface area contributed by atoms with Crippen LogP contribution in [-0.2, 0) is 0 Å². The largest absolute Gasteiger partial charge is 0.476 e. The van der Waals surface area contributed by atoms with Crippen LogP contribution >= 0.6 is 27.5 Å². The van der Waals surface area contributed by atoms with Crippen LogP contribution in [0, 0.1) is 0 Å². The Kier molecular flexibility index (Phi) is 2.58. The van der Waals surface area contributed by atoms with E-state index < -0.39 is 5.97 Å². The van der Waals surface area contributed by atoms with Gasteiger partial charge < -0.3 is 5.11 Å².